The third kappa shape index (κ3) is 4.26. The highest BCUT2D eigenvalue weighted by molar-refractivity contribution is 6.75. The first-order valence-electron chi connectivity index (χ1n) is 9.78. The summed E-state index contributed by atoms with van der Waals surface area (Å²) in [6.45, 7) is 8.36. The number of nitrogens with zero attached hydrogens (tertiary/aromatic N) is 1. The highest BCUT2D eigenvalue weighted by Crippen LogP contribution is 2.28. The maximum absolute atomic E-state index is 8.59. The molecule has 0 saturated heterocycles. The smallest absolute Gasteiger partial charge is 0.201 e. The highest BCUT2D eigenvalue weighted by Gasteiger charge is 2.18. The lowest BCUT2D eigenvalue weighted by molar-refractivity contribution is -0.660. The van der Waals surface area contributed by atoms with Crippen LogP contribution >= 0.6 is 0 Å². The van der Waals surface area contributed by atoms with Gasteiger partial charge in [0, 0.05) is 28.0 Å². The molecule has 1 nitrogen and oxygen atoms in total. The van der Waals surface area contributed by atoms with Gasteiger partial charge in [0.1, 0.15) is 7.05 Å². The van der Waals surface area contributed by atoms with Crippen molar-refractivity contribution in [2.24, 2.45) is 7.05 Å². The molecule has 0 amide bonds. The van der Waals surface area contributed by atoms with Crippen molar-refractivity contribution in [3.63, 3.8) is 0 Å². The average Bonchev–Trinajstić information content (AvgIpc) is 2.62. The Morgan fingerprint density at radius 1 is 0.920 bits per heavy atom. The summed E-state index contributed by atoms with van der Waals surface area (Å²) in [6.07, 6.45) is 1.96. The first kappa shape index (κ1) is 15.1. The van der Waals surface area contributed by atoms with Gasteiger partial charge in [-0.2, -0.15) is 0 Å². The van der Waals surface area contributed by atoms with Crippen LogP contribution in [0.4, 0.5) is 0 Å². The zero-order chi connectivity index (χ0) is 19.8. The summed E-state index contributed by atoms with van der Waals surface area (Å²) in [7, 11) is 0.0185. The van der Waals surface area contributed by atoms with E-state index in [2.05, 4.69) is 79.7 Å². The van der Waals surface area contributed by atoms with Crippen LogP contribution in [0.15, 0.2) is 66.9 Å². The molecule has 0 bridgehead atoms. The van der Waals surface area contributed by atoms with E-state index < -0.39 is 14.1 Å². The van der Waals surface area contributed by atoms with E-state index in [1.54, 1.807) is 0 Å². The summed E-state index contributed by atoms with van der Waals surface area (Å²) in [5, 5.41) is 0. The summed E-state index contributed by atoms with van der Waals surface area (Å²) in [5.74, 6) is -1.26. The molecule has 1 heterocycles. The van der Waals surface area contributed by atoms with Gasteiger partial charge in [-0.1, -0.05) is 62.1 Å². The molecule has 0 N–H and O–H groups in total. The number of aryl methyl sites for hydroxylation is 2. The van der Waals surface area contributed by atoms with Gasteiger partial charge in [-0.05, 0) is 41.7 Å². The van der Waals surface area contributed by atoms with E-state index in [9.17, 15) is 0 Å². The summed E-state index contributed by atoms with van der Waals surface area (Å²) in [4.78, 5) is 0. The van der Waals surface area contributed by atoms with Crippen molar-refractivity contribution in [3.05, 3.63) is 78.0 Å². The first-order valence-corrected chi connectivity index (χ1v) is 12.3. The Morgan fingerprint density at radius 2 is 1.64 bits per heavy atom. The Labute approximate surface area is 155 Å². The molecule has 25 heavy (non-hydrogen) atoms. The maximum atomic E-state index is 8.59. The van der Waals surface area contributed by atoms with Gasteiger partial charge >= 0.3 is 0 Å². The molecule has 0 aliphatic heterocycles. The molecule has 0 fully saturated rings. The van der Waals surface area contributed by atoms with Crippen molar-refractivity contribution in [1.82, 2.24) is 0 Å². The van der Waals surface area contributed by atoms with Crippen molar-refractivity contribution < 1.29 is 7.31 Å². The highest BCUT2D eigenvalue weighted by atomic mass is 28.3. The quantitative estimate of drug-likeness (QED) is 0.428. The van der Waals surface area contributed by atoms with Crippen LogP contribution in [-0.2, 0) is 13.0 Å². The van der Waals surface area contributed by atoms with Gasteiger partial charge in [-0.25, -0.2) is 4.57 Å². The fraction of sp³-hybridized carbons (Fsp3) is 0.261. The number of hydrogen-bond acceptors (Lipinski definition) is 0. The number of pyridine rings is 1. The number of aromatic nitrogens is 1. The topological polar surface area (TPSA) is 3.88 Å². The average molecular weight is 349 g/mol. The number of hydrogen-bond donors (Lipinski definition) is 0. The lowest BCUT2D eigenvalue weighted by Crippen LogP contribution is -2.33. The van der Waals surface area contributed by atoms with Gasteiger partial charge in [0.25, 0.3) is 0 Å². The standard InChI is InChI=1S/C23H28NSi/c1-18-11-13-21(20-9-7-6-8-10-20)15-22(18)23-14-12-19(16-24(23)2)17-25(3,4)5/h6-16H,17H2,1-5H3/q+1/i17D2. The largest absolute Gasteiger partial charge is 0.212 e. The van der Waals surface area contributed by atoms with Gasteiger partial charge in [0.05, 0.1) is 0 Å². The van der Waals surface area contributed by atoms with Crippen LogP contribution in [0, 0.1) is 6.92 Å². The minimum absolute atomic E-state index is 0.768. The fourth-order valence-electron chi connectivity index (χ4n) is 3.10. The van der Waals surface area contributed by atoms with Crippen LogP contribution in [0.3, 0.4) is 0 Å². The van der Waals surface area contributed by atoms with Crippen LogP contribution < -0.4 is 4.57 Å². The van der Waals surface area contributed by atoms with Crippen molar-refractivity contribution in [2.45, 2.75) is 32.6 Å². The molecular weight excluding hydrogens is 318 g/mol. The molecule has 0 unspecified atom stereocenters. The Hall–Kier alpha value is -2.19. The predicted octanol–water partition coefficient (Wildman–Crippen LogP) is 5.57. The molecule has 0 aliphatic rings. The minimum atomic E-state index is -1.99. The van der Waals surface area contributed by atoms with Crippen molar-refractivity contribution >= 4 is 8.07 Å². The Kier molecular flexibility index (Phi) is 4.21. The second-order valence-corrected chi connectivity index (χ2v) is 12.4. The fourth-order valence-corrected chi connectivity index (χ4v) is 4.12. The Morgan fingerprint density at radius 3 is 2.28 bits per heavy atom. The molecule has 1 aromatic heterocycles. The number of benzene rings is 2. The molecule has 0 atom stereocenters. The van der Waals surface area contributed by atoms with Gasteiger partial charge in [0.2, 0.25) is 5.69 Å². The zero-order valence-corrected chi connectivity index (χ0v) is 16.8. The van der Waals surface area contributed by atoms with E-state index in [4.69, 9.17) is 2.74 Å². The first-order chi connectivity index (χ1) is 12.6. The Bertz CT molecular complexity index is 960. The molecule has 0 spiro atoms. The molecule has 2 aromatic carbocycles. The van der Waals surface area contributed by atoms with Crippen LogP contribution in [0.1, 0.15) is 13.9 Å². The molecule has 3 rings (SSSR count). The molecule has 2 heteroatoms. The third-order valence-corrected chi connectivity index (χ3v) is 5.31. The van der Waals surface area contributed by atoms with Crippen molar-refractivity contribution in [1.29, 1.82) is 0 Å². The van der Waals surface area contributed by atoms with Crippen LogP contribution in [0.25, 0.3) is 22.4 Å². The minimum Gasteiger partial charge on any atom is -0.201 e. The predicted molar refractivity (Wildman–Crippen MR) is 110 cm³/mol. The monoisotopic (exact) mass is 348 g/mol. The van der Waals surface area contributed by atoms with E-state index in [1.165, 1.54) is 22.3 Å². The second kappa shape index (κ2) is 6.97. The molecule has 128 valence electrons. The van der Waals surface area contributed by atoms with Gasteiger partial charge in [0.15, 0.2) is 6.20 Å². The molecule has 0 saturated carbocycles. The number of rotatable bonds is 4. The van der Waals surface area contributed by atoms with Gasteiger partial charge in [-0.3, -0.25) is 0 Å². The molecular formula is C23H28NSi+. The zero-order valence-electron chi connectivity index (χ0n) is 17.8. The SMILES string of the molecule is [2H]C([2H])(c1ccc(-c2cc(-c3ccccc3)ccc2C)[n+](C)c1)[Si](C)(C)C. The normalized spacial score (nSPS) is 13.3. The van der Waals surface area contributed by atoms with E-state index in [1.807, 2.05) is 25.4 Å². The third-order valence-electron chi connectivity index (χ3n) is 4.27. The summed E-state index contributed by atoms with van der Waals surface area (Å²) < 4.78 is 19.2. The molecule has 3 aromatic rings. The molecule has 0 aliphatic carbocycles. The van der Waals surface area contributed by atoms with Gasteiger partial charge in [-0.15, -0.1) is 0 Å². The summed E-state index contributed by atoms with van der Waals surface area (Å²) in [5.41, 5.74) is 6.65. The Balaban J connectivity index is 2.08. The summed E-state index contributed by atoms with van der Waals surface area (Å²) >= 11 is 0. The van der Waals surface area contributed by atoms with Crippen molar-refractivity contribution in [3.8, 4) is 22.4 Å². The van der Waals surface area contributed by atoms with Crippen LogP contribution in [-0.4, -0.2) is 8.07 Å². The lowest BCUT2D eigenvalue weighted by atomic mass is 9.97. The van der Waals surface area contributed by atoms with Crippen LogP contribution in [0.5, 0.6) is 0 Å². The molecule has 0 radical (unpaired) electrons. The second-order valence-electron chi connectivity index (χ2n) is 7.68. The van der Waals surface area contributed by atoms with Crippen LogP contribution in [0.2, 0.25) is 19.6 Å². The lowest BCUT2D eigenvalue weighted by Gasteiger charge is -2.15. The van der Waals surface area contributed by atoms with Crippen molar-refractivity contribution in [2.75, 3.05) is 0 Å². The summed E-state index contributed by atoms with van der Waals surface area (Å²) in [6, 6.07) is 21.0. The van der Waals surface area contributed by atoms with E-state index in [0.717, 1.165) is 11.3 Å². The van der Waals surface area contributed by atoms with E-state index >= 15 is 0 Å². The van der Waals surface area contributed by atoms with E-state index in [0.29, 0.717) is 0 Å². The van der Waals surface area contributed by atoms with Gasteiger partial charge < -0.3 is 0 Å². The van der Waals surface area contributed by atoms with E-state index in [-0.39, 0.29) is 0 Å². The maximum Gasteiger partial charge on any atom is 0.212 e.